The zero-order valence-electron chi connectivity index (χ0n) is 16.3. The van der Waals surface area contributed by atoms with E-state index in [-0.39, 0.29) is 17.8 Å². The van der Waals surface area contributed by atoms with Crippen molar-refractivity contribution in [1.29, 1.82) is 0 Å². The van der Waals surface area contributed by atoms with Crippen molar-refractivity contribution in [2.45, 2.75) is 13.5 Å². The number of carbonyl (C=O) groups is 1. The van der Waals surface area contributed by atoms with Crippen LogP contribution in [0.5, 0.6) is 23.0 Å². The van der Waals surface area contributed by atoms with E-state index < -0.39 is 5.91 Å². The van der Waals surface area contributed by atoms with Gasteiger partial charge in [-0.25, -0.2) is 0 Å². The number of amides is 1. The van der Waals surface area contributed by atoms with Gasteiger partial charge in [0.2, 0.25) is 12.2 Å². The summed E-state index contributed by atoms with van der Waals surface area (Å²) in [7, 11) is 3.04. The van der Waals surface area contributed by atoms with Crippen LogP contribution in [0.25, 0.3) is 10.9 Å². The lowest BCUT2D eigenvalue weighted by Crippen LogP contribution is -2.24. The van der Waals surface area contributed by atoms with Crippen LogP contribution in [-0.2, 0) is 6.54 Å². The highest BCUT2D eigenvalue weighted by Crippen LogP contribution is 2.35. The first-order valence-corrected chi connectivity index (χ1v) is 9.06. The Balaban J connectivity index is 1.78. The molecule has 29 heavy (non-hydrogen) atoms. The number of hydrogen-bond donors (Lipinski definition) is 1. The number of pyridine rings is 1. The average Bonchev–Trinajstić information content (AvgIpc) is 3.20. The SMILES string of the molecule is CCn1cc(C(=O)Nc2ccc(OC)cc2OC)c(=O)c2cc3c(cc21)OCO3. The van der Waals surface area contributed by atoms with Crippen molar-refractivity contribution in [3.05, 3.63) is 52.3 Å². The highest BCUT2D eigenvalue weighted by Gasteiger charge is 2.21. The predicted octanol–water partition coefficient (Wildman–Crippen LogP) is 3.02. The number of methoxy groups -OCH3 is 2. The lowest BCUT2D eigenvalue weighted by molar-refractivity contribution is 0.102. The van der Waals surface area contributed by atoms with Gasteiger partial charge in [0, 0.05) is 24.9 Å². The summed E-state index contributed by atoms with van der Waals surface area (Å²) in [5.74, 6) is 1.57. The maximum Gasteiger partial charge on any atom is 0.261 e. The number of rotatable bonds is 5. The van der Waals surface area contributed by atoms with E-state index in [1.807, 2.05) is 11.5 Å². The molecule has 4 rings (SSSR count). The highest BCUT2D eigenvalue weighted by atomic mass is 16.7. The normalized spacial score (nSPS) is 12.1. The zero-order valence-corrected chi connectivity index (χ0v) is 16.3. The standard InChI is InChI=1S/C21H20N2O6/c1-4-23-10-14(20(24)13-8-18-19(9-16(13)23)29-11-28-18)21(25)22-15-6-5-12(26-2)7-17(15)27-3/h5-10H,4,11H2,1-3H3,(H,22,25). The number of hydrogen-bond acceptors (Lipinski definition) is 6. The summed E-state index contributed by atoms with van der Waals surface area (Å²) in [6.45, 7) is 2.61. The number of nitrogens with zero attached hydrogens (tertiary/aromatic N) is 1. The molecule has 8 nitrogen and oxygen atoms in total. The lowest BCUT2D eigenvalue weighted by atomic mass is 10.1. The minimum atomic E-state index is -0.528. The van der Waals surface area contributed by atoms with Gasteiger partial charge in [0.05, 0.1) is 30.8 Å². The first kappa shape index (κ1) is 18.7. The minimum absolute atomic E-state index is 0.0242. The number of aromatic nitrogens is 1. The van der Waals surface area contributed by atoms with E-state index in [4.69, 9.17) is 18.9 Å². The van der Waals surface area contributed by atoms with Gasteiger partial charge in [-0.05, 0) is 25.1 Å². The molecule has 1 aliphatic heterocycles. The summed E-state index contributed by atoms with van der Waals surface area (Å²) in [6.07, 6.45) is 1.55. The molecule has 0 bridgehead atoms. The third kappa shape index (κ3) is 3.22. The van der Waals surface area contributed by atoms with Crippen molar-refractivity contribution in [2.24, 2.45) is 0 Å². The quantitative estimate of drug-likeness (QED) is 0.713. The van der Waals surface area contributed by atoms with Crippen molar-refractivity contribution in [1.82, 2.24) is 4.57 Å². The van der Waals surface area contributed by atoms with E-state index in [1.54, 1.807) is 43.6 Å². The third-order valence-corrected chi connectivity index (χ3v) is 4.82. The van der Waals surface area contributed by atoms with Gasteiger partial charge in [-0.1, -0.05) is 0 Å². The summed E-state index contributed by atoms with van der Waals surface area (Å²) in [5.41, 5.74) is 0.760. The van der Waals surface area contributed by atoms with Crippen molar-refractivity contribution in [2.75, 3.05) is 26.3 Å². The summed E-state index contributed by atoms with van der Waals surface area (Å²) in [4.78, 5) is 26.0. The average molecular weight is 396 g/mol. The van der Waals surface area contributed by atoms with Crippen molar-refractivity contribution in [3.63, 3.8) is 0 Å². The molecule has 0 radical (unpaired) electrons. The molecule has 0 unspecified atom stereocenters. The molecule has 0 aliphatic carbocycles. The highest BCUT2D eigenvalue weighted by molar-refractivity contribution is 6.06. The zero-order chi connectivity index (χ0) is 20.5. The van der Waals surface area contributed by atoms with Gasteiger partial charge in [-0.3, -0.25) is 9.59 Å². The van der Waals surface area contributed by atoms with Crippen LogP contribution in [0.3, 0.4) is 0 Å². The summed E-state index contributed by atoms with van der Waals surface area (Å²) >= 11 is 0. The van der Waals surface area contributed by atoms with Gasteiger partial charge in [0.25, 0.3) is 5.91 Å². The third-order valence-electron chi connectivity index (χ3n) is 4.82. The molecule has 0 spiro atoms. The van der Waals surface area contributed by atoms with Gasteiger partial charge in [0.15, 0.2) is 11.5 Å². The molecular weight excluding hydrogens is 376 g/mol. The fraction of sp³-hybridized carbons (Fsp3) is 0.238. The Morgan fingerprint density at radius 1 is 1.14 bits per heavy atom. The number of ether oxygens (including phenoxy) is 4. The largest absolute Gasteiger partial charge is 0.497 e. The monoisotopic (exact) mass is 396 g/mol. The number of benzene rings is 2. The Hall–Kier alpha value is -3.68. The fourth-order valence-corrected chi connectivity index (χ4v) is 3.29. The molecule has 3 aromatic rings. The van der Waals surface area contributed by atoms with Gasteiger partial charge >= 0.3 is 0 Å². The Kier molecular flexibility index (Phi) is 4.75. The molecule has 0 fully saturated rings. The first-order chi connectivity index (χ1) is 14.0. The summed E-state index contributed by atoms with van der Waals surface area (Å²) in [5, 5.41) is 3.14. The molecule has 1 N–H and O–H groups in total. The molecule has 2 heterocycles. The van der Waals surface area contributed by atoms with Crippen LogP contribution in [0, 0.1) is 0 Å². The van der Waals surface area contributed by atoms with Crippen LogP contribution in [0.1, 0.15) is 17.3 Å². The number of aryl methyl sites for hydroxylation is 1. The first-order valence-electron chi connectivity index (χ1n) is 9.06. The van der Waals surface area contributed by atoms with Crippen LogP contribution in [0.2, 0.25) is 0 Å². The van der Waals surface area contributed by atoms with E-state index in [0.29, 0.717) is 46.1 Å². The number of fused-ring (bicyclic) bond motifs is 2. The van der Waals surface area contributed by atoms with Crippen LogP contribution >= 0.6 is 0 Å². The maximum atomic E-state index is 13.1. The second-order valence-corrected chi connectivity index (χ2v) is 6.40. The van der Waals surface area contributed by atoms with E-state index in [1.165, 1.54) is 7.11 Å². The molecule has 1 aliphatic rings. The van der Waals surface area contributed by atoms with E-state index in [2.05, 4.69) is 5.32 Å². The van der Waals surface area contributed by atoms with Gasteiger partial charge in [-0.15, -0.1) is 0 Å². The van der Waals surface area contributed by atoms with Crippen LogP contribution in [-0.4, -0.2) is 31.5 Å². The van der Waals surface area contributed by atoms with Gasteiger partial charge in [0.1, 0.15) is 17.1 Å². The second-order valence-electron chi connectivity index (χ2n) is 6.40. The maximum absolute atomic E-state index is 13.1. The van der Waals surface area contributed by atoms with Crippen molar-refractivity contribution >= 4 is 22.5 Å². The van der Waals surface area contributed by atoms with Gasteiger partial charge < -0.3 is 28.8 Å². The molecule has 8 heteroatoms. The molecule has 2 aromatic carbocycles. The Labute approximate surface area is 166 Å². The van der Waals surface area contributed by atoms with E-state index in [9.17, 15) is 9.59 Å². The van der Waals surface area contributed by atoms with E-state index >= 15 is 0 Å². The topological polar surface area (TPSA) is 88.0 Å². The second kappa shape index (κ2) is 7.38. The molecule has 0 atom stereocenters. The van der Waals surface area contributed by atoms with Crippen molar-refractivity contribution < 1.29 is 23.7 Å². The molecule has 0 saturated carbocycles. The Morgan fingerprint density at radius 2 is 1.90 bits per heavy atom. The number of nitrogens with one attached hydrogen (secondary N) is 1. The predicted molar refractivity (Wildman–Crippen MR) is 108 cm³/mol. The molecule has 0 saturated heterocycles. The van der Waals surface area contributed by atoms with E-state index in [0.717, 1.165) is 0 Å². The smallest absolute Gasteiger partial charge is 0.261 e. The molecule has 1 amide bonds. The van der Waals surface area contributed by atoms with Gasteiger partial charge in [-0.2, -0.15) is 0 Å². The molecular formula is C21H20N2O6. The van der Waals surface area contributed by atoms with Crippen LogP contribution < -0.4 is 29.7 Å². The van der Waals surface area contributed by atoms with Crippen molar-refractivity contribution in [3.8, 4) is 23.0 Å². The number of anilines is 1. The summed E-state index contributed by atoms with van der Waals surface area (Å²) < 4.78 is 23.1. The minimum Gasteiger partial charge on any atom is -0.497 e. The fourth-order valence-electron chi connectivity index (χ4n) is 3.29. The van der Waals surface area contributed by atoms with Crippen LogP contribution in [0.4, 0.5) is 5.69 Å². The molecule has 1 aromatic heterocycles. The number of carbonyl (C=O) groups excluding carboxylic acids is 1. The summed E-state index contributed by atoms with van der Waals surface area (Å²) in [6, 6.07) is 8.39. The Bertz CT molecular complexity index is 1170. The van der Waals surface area contributed by atoms with Crippen LogP contribution in [0.15, 0.2) is 41.3 Å². The lowest BCUT2D eigenvalue weighted by Gasteiger charge is -2.14. The Morgan fingerprint density at radius 3 is 2.59 bits per heavy atom. The molecule has 150 valence electrons.